The molecule has 0 saturated carbocycles. The molecule has 0 saturated heterocycles. The lowest BCUT2D eigenvalue weighted by molar-refractivity contribution is 0.803. The van der Waals surface area contributed by atoms with E-state index in [9.17, 15) is 0 Å². The van der Waals surface area contributed by atoms with E-state index >= 15 is 0 Å². The number of aromatic amines is 1. The number of anilines is 2. The lowest BCUT2D eigenvalue weighted by Gasteiger charge is -2.14. The van der Waals surface area contributed by atoms with Crippen LogP contribution >= 0.6 is 0 Å². The maximum Gasteiger partial charge on any atom is 0.150 e. The van der Waals surface area contributed by atoms with Gasteiger partial charge in [0, 0.05) is 18.1 Å². The Balaban J connectivity index is 2.17. The first kappa shape index (κ1) is 10.5. The second-order valence-electron chi connectivity index (χ2n) is 3.73. The van der Waals surface area contributed by atoms with Crippen LogP contribution in [-0.2, 0) is 0 Å². The predicted octanol–water partition coefficient (Wildman–Crippen LogP) is 1.87. The molecule has 1 unspecified atom stereocenters. The molecule has 0 aliphatic carbocycles. The number of aryl methyl sites for hydroxylation is 1. The molecular weight excluding hydrogens is 202 g/mol. The van der Waals surface area contributed by atoms with Gasteiger partial charge in [-0.1, -0.05) is 0 Å². The van der Waals surface area contributed by atoms with Crippen LogP contribution in [0.15, 0.2) is 24.5 Å². The summed E-state index contributed by atoms with van der Waals surface area (Å²) < 4.78 is 0. The van der Waals surface area contributed by atoms with Gasteiger partial charge in [0.1, 0.15) is 11.6 Å². The maximum absolute atomic E-state index is 5.84. The third kappa shape index (κ3) is 2.13. The molecular formula is C11H15N5. The monoisotopic (exact) mass is 217 g/mol. The summed E-state index contributed by atoms with van der Waals surface area (Å²) in [6.45, 7) is 3.93. The Morgan fingerprint density at radius 3 is 2.94 bits per heavy atom. The Kier molecular flexibility index (Phi) is 2.76. The van der Waals surface area contributed by atoms with Crippen LogP contribution < -0.4 is 11.1 Å². The summed E-state index contributed by atoms with van der Waals surface area (Å²) in [5.74, 6) is 1.56. The number of rotatable bonds is 3. The van der Waals surface area contributed by atoms with Gasteiger partial charge in [0.25, 0.3) is 0 Å². The molecule has 0 bridgehead atoms. The molecule has 84 valence electrons. The highest BCUT2D eigenvalue weighted by atomic mass is 15.1. The predicted molar refractivity (Wildman–Crippen MR) is 64.0 cm³/mol. The van der Waals surface area contributed by atoms with Crippen LogP contribution in [0.25, 0.3) is 0 Å². The Bertz CT molecular complexity index is 463. The van der Waals surface area contributed by atoms with Crippen LogP contribution in [0.3, 0.4) is 0 Å². The van der Waals surface area contributed by atoms with Crippen molar-refractivity contribution >= 4 is 11.5 Å². The molecule has 0 fully saturated rings. The zero-order valence-corrected chi connectivity index (χ0v) is 9.36. The van der Waals surface area contributed by atoms with Crippen LogP contribution in [-0.4, -0.2) is 15.0 Å². The van der Waals surface area contributed by atoms with E-state index in [1.807, 2.05) is 26.0 Å². The first-order valence-corrected chi connectivity index (χ1v) is 5.16. The minimum atomic E-state index is 0.0478. The number of nitrogens with two attached hydrogens (primary N) is 1. The number of imidazole rings is 1. The van der Waals surface area contributed by atoms with Crippen molar-refractivity contribution in [3.8, 4) is 0 Å². The van der Waals surface area contributed by atoms with Crippen molar-refractivity contribution in [1.29, 1.82) is 0 Å². The van der Waals surface area contributed by atoms with Crippen molar-refractivity contribution in [3.05, 3.63) is 36.0 Å². The third-order valence-electron chi connectivity index (χ3n) is 2.35. The van der Waals surface area contributed by atoms with Gasteiger partial charge < -0.3 is 16.0 Å². The molecule has 2 rings (SSSR count). The fourth-order valence-electron chi connectivity index (χ4n) is 1.47. The summed E-state index contributed by atoms with van der Waals surface area (Å²) in [6, 6.07) is 3.78. The third-order valence-corrected chi connectivity index (χ3v) is 2.35. The number of nitrogen functional groups attached to an aromatic ring is 1. The molecule has 0 aliphatic rings. The molecule has 4 N–H and O–H groups in total. The molecule has 5 heteroatoms. The zero-order valence-electron chi connectivity index (χ0n) is 9.36. The number of hydrogen-bond acceptors (Lipinski definition) is 4. The molecule has 2 heterocycles. The summed E-state index contributed by atoms with van der Waals surface area (Å²) in [4.78, 5) is 11.6. The topological polar surface area (TPSA) is 79.6 Å². The van der Waals surface area contributed by atoms with Crippen molar-refractivity contribution in [3.63, 3.8) is 0 Å². The maximum atomic E-state index is 5.84. The summed E-state index contributed by atoms with van der Waals surface area (Å²) in [5.41, 5.74) is 7.41. The van der Waals surface area contributed by atoms with Gasteiger partial charge in [-0.25, -0.2) is 9.97 Å². The lowest BCUT2D eigenvalue weighted by atomic mass is 10.3. The minimum Gasteiger partial charge on any atom is -0.396 e. The highest BCUT2D eigenvalue weighted by Gasteiger charge is 2.09. The largest absolute Gasteiger partial charge is 0.396 e. The summed E-state index contributed by atoms with van der Waals surface area (Å²) in [5, 5.41) is 3.22. The fraction of sp³-hybridized carbons (Fsp3) is 0.273. The highest BCUT2D eigenvalue weighted by Crippen LogP contribution is 2.20. The first-order valence-electron chi connectivity index (χ1n) is 5.16. The van der Waals surface area contributed by atoms with Gasteiger partial charge in [0.15, 0.2) is 0 Å². The average Bonchev–Trinajstić information content (AvgIpc) is 2.76. The number of nitrogens with one attached hydrogen (secondary N) is 2. The molecule has 2 aromatic rings. The molecule has 5 nitrogen and oxygen atoms in total. The molecule has 0 aliphatic heterocycles. The quantitative estimate of drug-likeness (QED) is 0.733. The Morgan fingerprint density at radius 2 is 2.25 bits per heavy atom. The Hall–Kier alpha value is -2.04. The van der Waals surface area contributed by atoms with Crippen molar-refractivity contribution in [2.45, 2.75) is 19.9 Å². The number of nitrogens with zero attached hydrogens (tertiary/aromatic N) is 2. The van der Waals surface area contributed by atoms with Gasteiger partial charge in [-0.05, 0) is 26.0 Å². The molecule has 0 radical (unpaired) electrons. The fourth-order valence-corrected chi connectivity index (χ4v) is 1.47. The van der Waals surface area contributed by atoms with Crippen LogP contribution in [0.5, 0.6) is 0 Å². The van der Waals surface area contributed by atoms with Gasteiger partial charge in [-0.2, -0.15) is 0 Å². The van der Waals surface area contributed by atoms with Gasteiger partial charge >= 0.3 is 0 Å². The molecule has 2 aromatic heterocycles. The second kappa shape index (κ2) is 4.22. The summed E-state index contributed by atoms with van der Waals surface area (Å²) in [7, 11) is 0. The van der Waals surface area contributed by atoms with Crippen molar-refractivity contribution in [2.24, 2.45) is 0 Å². The SMILES string of the molecule is Cc1ccc(N)c(NC(C)c2ncc[nH]2)n1. The van der Waals surface area contributed by atoms with E-state index in [0.29, 0.717) is 11.5 Å². The molecule has 1 atom stereocenters. The van der Waals surface area contributed by atoms with E-state index in [1.54, 1.807) is 12.4 Å². The molecule has 0 aromatic carbocycles. The summed E-state index contributed by atoms with van der Waals surface area (Å²) >= 11 is 0. The smallest absolute Gasteiger partial charge is 0.150 e. The highest BCUT2D eigenvalue weighted by molar-refractivity contribution is 5.61. The first-order chi connectivity index (χ1) is 7.66. The number of aromatic nitrogens is 3. The van der Waals surface area contributed by atoms with E-state index in [4.69, 9.17) is 5.73 Å². The van der Waals surface area contributed by atoms with Crippen LogP contribution in [0.2, 0.25) is 0 Å². The van der Waals surface area contributed by atoms with Crippen LogP contribution in [0.1, 0.15) is 24.5 Å². The lowest BCUT2D eigenvalue weighted by Crippen LogP contribution is -2.11. The Labute approximate surface area is 94.1 Å². The Morgan fingerprint density at radius 1 is 1.44 bits per heavy atom. The average molecular weight is 217 g/mol. The normalized spacial score (nSPS) is 12.4. The summed E-state index contributed by atoms with van der Waals surface area (Å²) in [6.07, 6.45) is 3.51. The zero-order chi connectivity index (χ0) is 11.5. The van der Waals surface area contributed by atoms with Crippen molar-refractivity contribution in [2.75, 3.05) is 11.1 Å². The minimum absolute atomic E-state index is 0.0478. The standard InChI is InChI=1S/C11H15N5/c1-7-3-4-9(12)11(15-7)16-8(2)10-13-5-6-14-10/h3-6,8H,12H2,1-2H3,(H,13,14)(H,15,16). The van der Waals surface area contributed by atoms with Crippen molar-refractivity contribution < 1.29 is 0 Å². The van der Waals surface area contributed by atoms with Gasteiger partial charge in [-0.15, -0.1) is 0 Å². The van der Waals surface area contributed by atoms with Crippen molar-refractivity contribution in [1.82, 2.24) is 15.0 Å². The van der Waals surface area contributed by atoms with Gasteiger partial charge in [-0.3, -0.25) is 0 Å². The van der Waals surface area contributed by atoms with E-state index in [0.717, 1.165) is 11.5 Å². The van der Waals surface area contributed by atoms with Crippen LogP contribution in [0, 0.1) is 6.92 Å². The molecule has 0 spiro atoms. The van der Waals surface area contributed by atoms with Crippen LogP contribution in [0.4, 0.5) is 11.5 Å². The van der Waals surface area contributed by atoms with E-state index in [-0.39, 0.29) is 6.04 Å². The number of H-pyrrole nitrogens is 1. The van der Waals surface area contributed by atoms with Gasteiger partial charge in [0.2, 0.25) is 0 Å². The molecule has 16 heavy (non-hydrogen) atoms. The van der Waals surface area contributed by atoms with Gasteiger partial charge in [0.05, 0.1) is 11.7 Å². The molecule has 0 amide bonds. The van der Waals surface area contributed by atoms with E-state index in [1.165, 1.54) is 0 Å². The second-order valence-corrected chi connectivity index (χ2v) is 3.73. The van der Waals surface area contributed by atoms with E-state index in [2.05, 4.69) is 20.3 Å². The number of hydrogen-bond donors (Lipinski definition) is 3. The van der Waals surface area contributed by atoms with E-state index < -0.39 is 0 Å². The number of pyridine rings is 1.